The van der Waals surface area contributed by atoms with Crippen LogP contribution in [0.3, 0.4) is 0 Å². The zero-order valence-corrected chi connectivity index (χ0v) is 30.0. The summed E-state index contributed by atoms with van der Waals surface area (Å²) >= 11 is 1.89. The van der Waals surface area contributed by atoms with Crippen molar-refractivity contribution in [2.75, 3.05) is 0 Å². The van der Waals surface area contributed by atoms with Crippen LogP contribution in [-0.2, 0) is 0 Å². The summed E-state index contributed by atoms with van der Waals surface area (Å²) in [6.07, 6.45) is 0. The van der Waals surface area contributed by atoms with Crippen LogP contribution >= 0.6 is 11.3 Å². The van der Waals surface area contributed by atoms with Crippen LogP contribution in [0.25, 0.3) is 119 Å². The lowest BCUT2D eigenvalue weighted by atomic mass is 9.85. The maximum atomic E-state index is 6.20. The Morgan fingerprint density at radius 2 is 0.759 bits per heavy atom. The van der Waals surface area contributed by atoms with E-state index in [1.165, 1.54) is 96.6 Å². The molecule has 0 atom stereocenters. The number of hydrogen-bond donors (Lipinski definition) is 0. The Balaban J connectivity index is 0.977. The highest BCUT2D eigenvalue weighted by Crippen LogP contribution is 2.45. The largest absolute Gasteiger partial charge is 0.456 e. The smallest absolute Gasteiger partial charge is 0.135 e. The molecule has 0 unspecified atom stereocenters. The van der Waals surface area contributed by atoms with Gasteiger partial charge in [0.25, 0.3) is 0 Å². The molecule has 1 nitrogen and oxygen atoms in total. The number of thiophene rings is 1. The first-order chi connectivity index (χ1) is 26.7. The molecule has 0 aliphatic heterocycles. The van der Waals surface area contributed by atoms with E-state index in [1.807, 2.05) is 23.5 Å². The molecule has 54 heavy (non-hydrogen) atoms. The molecule has 0 amide bonds. The first-order valence-electron chi connectivity index (χ1n) is 18.5. The second-order valence-electron chi connectivity index (χ2n) is 14.4. The van der Waals surface area contributed by atoms with E-state index in [-0.39, 0.29) is 0 Å². The number of rotatable bonds is 3. The molecular formula is C52H30OS. The normalized spacial score (nSPS) is 12.1. The molecule has 10 aromatic carbocycles. The Kier molecular flexibility index (Phi) is 6.28. The van der Waals surface area contributed by atoms with Gasteiger partial charge < -0.3 is 4.42 Å². The summed E-state index contributed by atoms with van der Waals surface area (Å²) in [6.45, 7) is 0. The standard InChI is InChI=1S/C52H30OS/c1-2-10-34-29-49-45(26-33(34)9-1)46-27-36-22-21-35(25-38(36)30-50(46)54-49)31-17-19-32(20-18-31)51-40-12-3-5-14-42(40)52(43-15-6-4-13-41(43)51)37-23-24-48-44(28-37)39-11-7-8-16-47(39)53-48/h1-30H. The number of fused-ring (bicyclic) bond motifs is 10. The molecule has 2 heteroatoms. The molecule has 0 spiro atoms. The van der Waals surface area contributed by atoms with Crippen molar-refractivity contribution in [1.82, 2.24) is 0 Å². The Bertz CT molecular complexity index is 3430. The number of furan rings is 1. The molecule has 0 N–H and O–H groups in total. The van der Waals surface area contributed by atoms with Crippen molar-refractivity contribution in [3.63, 3.8) is 0 Å². The fraction of sp³-hybridized carbons (Fsp3) is 0. The van der Waals surface area contributed by atoms with Gasteiger partial charge in [0, 0.05) is 30.9 Å². The highest BCUT2D eigenvalue weighted by Gasteiger charge is 2.18. The summed E-state index contributed by atoms with van der Waals surface area (Å²) in [7, 11) is 0. The van der Waals surface area contributed by atoms with Gasteiger partial charge in [0.05, 0.1) is 0 Å². The minimum atomic E-state index is 0.916. The molecule has 0 saturated heterocycles. The molecule has 12 aromatic rings. The monoisotopic (exact) mass is 702 g/mol. The molecule has 250 valence electrons. The zero-order valence-electron chi connectivity index (χ0n) is 29.1. The van der Waals surface area contributed by atoms with E-state index in [4.69, 9.17) is 4.42 Å². The Morgan fingerprint density at radius 3 is 1.44 bits per heavy atom. The van der Waals surface area contributed by atoms with Crippen LogP contribution in [-0.4, -0.2) is 0 Å². The lowest BCUT2D eigenvalue weighted by molar-refractivity contribution is 0.669. The lowest BCUT2D eigenvalue weighted by Gasteiger charge is -2.18. The molecule has 0 fully saturated rings. The fourth-order valence-electron chi connectivity index (χ4n) is 8.85. The van der Waals surface area contributed by atoms with Gasteiger partial charge in [-0.2, -0.15) is 0 Å². The van der Waals surface area contributed by atoms with E-state index in [9.17, 15) is 0 Å². The number of para-hydroxylation sites is 1. The summed E-state index contributed by atoms with van der Waals surface area (Å²) in [5.74, 6) is 0. The van der Waals surface area contributed by atoms with Crippen LogP contribution in [0.4, 0.5) is 0 Å². The average molecular weight is 703 g/mol. The van der Waals surface area contributed by atoms with Crippen molar-refractivity contribution >= 4 is 96.5 Å². The number of hydrogen-bond acceptors (Lipinski definition) is 2. The summed E-state index contributed by atoms with van der Waals surface area (Å²) in [4.78, 5) is 0. The molecule has 0 aliphatic rings. The minimum Gasteiger partial charge on any atom is -0.456 e. The van der Waals surface area contributed by atoms with Crippen LogP contribution in [0, 0.1) is 0 Å². The van der Waals surface area contributed by atoms with Crippen molar-refractivity contribution < 1.29 is 4.42 Å². The maximum absolute atomic E-state index is 6.20. The van der Waals surface area contributed by atoms with Crippen LogP contribution in [0.2, 0.25) is 0 Å². The average Bonchev–Trinajstić information content (AvgIpc) is 3.77. The molecule has 12 rings (SSSR count). The summed E-state index contributed by atoms with van der Waals surface area (Å²) in [5.41, 5.74) is 9.22. The minimum absolute atomic E-state index is 0.916. The first kappa shape index (κ1) is 29.8. The highest BCUT2D eigenvalue weighted by molar-refractivity contribution is 7.26. The molecule has 0 radical (unpaired) electrons. The van der Waals surface area contributed by atoms with E-state index >= 15 is 0 Å². The van der Waals surface area contributed by atoms with Crippen LogP contribution < -0.4 is 0 Å². The molecule has 0 bridgehead atoms. The van der Waals surface area contributed by atoms with Gasteiger partial charge in [-0.15, -0.1) is 11.3 Å². The van der Waals surface area contributed by atoms with Gasteiger partial charge in [0.2, 0.25) is 0 Å². The molecule has 0 saturated carbocycles. The van der Waals surface area contributed by atoms with Gasteiger partial charge >= 0.3 is 0 Å². The fourth-order valence-corrected chi connectivity index (χ4v) is 10.0. The zero-order chi connectivity index (χ0) is 35.3. The van der Waals surface area contributed by atoms with Gasteiger partial charge in [-0.1, -0.05) is 133 Å². The van der Waals surface area contributed by atoms with Crippen molar-refractivity contribution in [3.05, 3.63) is 182 Å². The Hall–Kier alpha value is -6.74. The van der Waals surface area contributed by atoms with E-state index in [0.717, 1.165) is 21.9 Å². The molecular weight excluding hydrogens is 673 g/mol. The van der Waals surface area contributed by atoms with Gasteiger partial charge in [-0.05, 0) is 125 Å². The molecule has 0 aliphatic carbocycles. The molecule has 2 aromatic heterocycles. The van der Waals surface area contributed by atoms with Crippen LogP contribution in [0.1, 0.15) is 0 Å². The summed E-state index contributed by atoms with van der Waals surface area (Å²) < 4.78 is 8.88. The second kappa shape index (κ2) is 11.4. The predicted octanol–water partition coefficient (Wildman–Crippen LogP) is 15.6. The van der Waals surface area contributed by atoms with E-state index in [1.54, 1.807) is 0 Å². The first-order valence-corrected chi connectivity index (χ1v) is 19.3. The summed E-state index contributed by atoms with van der Waals surface area (Å²) in [5, 5.41) is 15.1. The van der Waals surface area contributed by atoms with E-state index in [2.05, 4.69) is 170 Å². The van der Waals surface area contributed by atoms with Crippen LogP contribution in [0.5, 0.6) is 0 Å². The number of benzene rings is 10. The quantitative estimate of drug-likeness (QED) is 0.167. The third-order valence-electron chi connectivity index (χ3n) is 11.4. The second-order valence-corrected chi connectivity index (χ2v) is 15.5. The summed E-state index contributed by atoms with van der Waals surface area (Å²) in [6, 6.07) is 66.9. The highest BCUT2D eigenvalue weighted by atomic mass is 32.1. The maximum Gasteiger partial charge on any atom is 0.135 e. The van der Waals surface area contributed by atoms with Crippen molar-refractivity contribution in [2.24, 2.45) is 0 Å². The Labute approximate surface area is 314 Å². The van der Waals surface area contributed by atoms with Gasteiger partial charge in [0.1, 0.15) is 11.2 Å². The SMILES string of the molecule is c1ccc2cc3c(cc2c1)sc1cc2cc(-c4ccc(-c5c6ccccc6c(-c6ccc7oc8ccccc8c7c6)c6ccccc56)cc4)ccc2cc13. The van der Waals surface area contributed by atoms with Crippen LogP contribution in [0.15, 0.2) is 186 Å². The third-order valence-corrected chi connectivity index (χ3v) is 12.5. The Morgan fingerprint density at radius 1 is 0.278 bits per heavy atom. The van der Waals surface area contributed by atoms with Crippen molar-refractivity contribution in [1.29, 1.82) is 0 Å². The topological polar surface area (TPSA) is 13.1 Å². The van der Waals surface area contributed by atoms with Gasteiger partial charge in [-0.25, -0.2) is 0 Å². The predicted molar refractivity (Wildman–Crippen MR) is 233 cm³/mol. The van der Waals surface area contributed by atoms with Crippen molar-refractivity contribution in [3.8, 4) is 33.4 Å². The van der Waals surface area contributed by atoms with Crippen molar-refractivity contribution in [2.45, 2.75) is 0 Å². The third kappa shape index (κ3) is 4.44. The lowest BCUT2D eigenvalue weighted by Crippen LogP contribution is -1.91. The molecule has 2 heterocycles. The van der Waals surface area contributed by atoms with Gasteiger partial charge in [0.15, 0.2) is 0 Å². The van der Waals surface area contributed by atoms with E-state index in [0.29, 0.717) is 0 Å². The van der Waals surface area contributed by atoms with E-state index < -0.39 is 0 Å². The van der Waals surface area contributed by atoms with Gasteiger partial charge in [-0.3, -0.25) is 0 Å².